The fourth-order valence-corrected chi connectivity index (χ4v) is 3.67. The van der Waals surface area contributed by atoms with Crippen LogP contribution in [0.15, 0.2) is 29.2 Å². The second-order valence-electron chi connectivity index (χ2n) is 5.21. The van der Waals surface area contributed by atoms with Crippen molar-refractivity contribution in [2.75, 3.05) is 0 Å². The van der Waals surface area contributed by atoms with Gasteiger partial charge in [0.1, 0.15) is 0 Å². The van der Waals surface area contributed by atoms with E-state index in [1.807, 2.05) is 12.1 Å². The summed E-state index contributed by atoms with van der Waals surface area (Å²) in [5.74, 6) is 0.407. The monoisotopic (exact) mass is 326 g/mol. The van der Waals surface area contributed by atoms with Crippen LogP contribution >= 0.6 is 11.6 Å². The van der Waals surface area contributed by atoms with Crippen molar-refractivity contribution in [3.05, 3.63) is 46.2 Å². The fourth-order valence-electron chi connectivity index (χ4n) is 2.14. The molecular formula is C15H19ClN2O2S. The third-order valence-corrected chi connectivity index (χ3v) is 5.98. The largest absolute Gasteiger partial charge is 0.283 e. The van der Waals surface area contributed by atoms with Gasteiger partial charge in [0.25, 0.3) is 10.0 Å². The summed E-state index contributed by atoms with van der Waals surface area (Å²) in [5.41, 5.74) is 2.07. The molecule has 0 amide bonds. The molecule has 0 aliphatic heterocycles. The average molecular weight is 327 g/mol. The maximum absolute atomic E-state index is 12.6. The molecule has 1 atom stereocenters. The first-order valence-corrected chi connectivity index (χ1v) is 8.68. The molecule has 0 aliphatic rings. The van der Waals surface area contributed by atoms with Crippen molar-refractivity contribution >= 4 is 21.6 Å². The van der Waals surface area contributed by atoms with Crippen molar-refractivity contribution in [1.82, 2.24) is 9.19 Å². The maximum atomic E-state index is 12.6. The summed E-state index contributed by atoms with van der Waals surface area (Å²) in [7, 11) is -3.70. The van der Waals surface area contributed by atoms with Crippen LogP contribution in [-0.2, 0) is 10.0 Å². The van der Waals surface area contributed by atoms with Crippen LogP contribution in [0.25, 0.3) is 0 Å². The standard InChI is InChI=1S/C15H19ClN2O2S/c1-5-10(2)13-6-8-14(9-7-13)21(19,20)18-12(4)15(16)11(3)17-18/h6-10H,5H2,1-4H3/t10-/m0/s1. The highest BCUT2D eigenvalue weighted by Gasteiger charge is 2.23. The van der Waals surface area contributed by atoms with Crippen molar-refractivity contribution in [2.24, 2.45) is 0 Å². The zero-order chi connectivity index (χ0) is 15.8. The summed E-state index contributed by atoms with van der Waals surface area (Å²) >= 11 is 6.03. The summed E-state index contributed by atoms with van der Waals surface area (Å²) in [6, 6.07) is 6.96. The molecule has 2 rings (SSSR count). The first kappa shape index (κ1) is 16.0. The van der Waals surface area contributed by atoms with E-state index in [2.05, 4.69) is 18.9 Å². The molecule has 0 unspecified atom stereocenters. The number of rotatable bonds is 4. The van der Waals surface area contributed by atoms with Crippen LogP contribution in [0.1, 0.15) is 43.1 Å². The van der Waals surface area contributed by atoms with Crippen LogP contribution in [0.3, 0.4) is 0 Å². The van der Waals surface area contributed by atoms with Gasteiger partial charge in [0.15, 0.2) is 0 Å². The Kier molecular flexibility index (Phi) is 4.44. The van der Waals surface area contributed by atoms with E-state index in [9.17, 15) is 8.42 Å². The van der Waals surface area contributed by atoms with Crippen LogP contribution < -0.4 is 0 Å². The molecule has 1 aromatic carbocycles. The Morgan fingerprint density at radius 3 is 2.24 bits per heavy atom. The summed E-state index contributed by atoms with van der Waals surface area (Å²) in [6.45, 7) is 7.55. The lowest BCUT2D eigenvalue weighted by Gasteiger charge is -2.11. The lowest BCUT2D eigenvalue weighted by Crippen LogP contribution is -2.16. The summed E-state index contributed by atoms with van der Waals surface area (Å²) in [5, 5.41) is 4.41. The highest BCUT2D eigenvalue weighted by atomic mass is 35.5. The highest BCUT2D eigenvalue weighted by molar-refractivity contribution is 7.89. The van der Waals surface area contributed by atoms with Crippen LogP contribution in [0.2, 0.25) is 5.02 Å². The molecule has 1 aromatic heterocycles. The van der Waals surface area contributed by atoms with E-state index in [1.165, 1.54) is 0 Å². The predicted molar refractivity (Wildman–Crippen MR) is 84.4 cm³/mol. The van der Waals surface area contributed by atoms with E-state index in [-0.39, 0.29) is 4.90 Å². The normalized spacial score (nSPS) is 13.4. The minimum atomic E-state index is -3.70. The Morgan fingerprint density at radius 1 is 1.24 bits per heavy atom. The lowest BCUT2D eigenvalue weighted by atomic mass is 9.99. The number of benzene rings is 1. The second kappa shape index (κ2) is 5.81. The Balaban J connectivity index is 2.47. The summed E-state index contributed by atoms with van der Waals surface area (Å²) < 4.78 is 26.2. The van der Waals surface area contributed by atoms with Gasteiger partial charge >= 0.3 is 0 Å². The van der Waals surface area contributed by atoms with E-state index in [0.29, 0.717) is 22.3 Å². The minimum absolute atomic E-state index is 0.219. The van der Waals surface area contributed by atoms with Gasteiger partial charge in [-0.25, -0.2) is 0 Å². The van der Waals surface area contributed by atoms with Crippen LogP contribution in [-0.4, -0.2) is 17.6 Å². The zero-order valence-corrected chi connectivity index (χ0v) is 14.2. The lowest BCUT2D eigenvalue weighted by molar-refractivity contribution is 0.577. The molecule has 1 heterocycles. The number of aromatic nitrogens is 2. The Bertz CT molecular complexity index is 749. The molecule has 6 heteroatoms. The smallest absolute Gasteiger partial charge is 0.199 e. The molecule has 0 spiro atoms. The van der Waals surface area contributed by atoms with Crippen molar-refractivity contribution < 1.29 is 8.42 Å². The number of nitrogens with zero attached hydrogens (tertiary/aromatic N) is 2. The third kappa shape index (κ3) is 2.85. The zero-order valence-electron chi connectivity index (χ0n) is 12.6. The van der Waals surface area contributed by atoms with Crippen molar-refractivity contribution in [2.45, 2.75) is 44.9 Å². The quantitative estimate of drug-likeness (QED) is 0.856. The van der Waals surface area contributed by atoms with Gasteiger partial charge < -0.3 is 0 Å². The second-order valence-corrected chi connectivity index (χ2v) is 7.36. The van der Waals surface area contributed by atoms with Gasteiger partial charge in [0, 0.05) is 0 Å². The summed E-state index contributed by atoms with van der Waals surface area (Å²) in [4.78, 5) is 0.219. The van der Waals surface area contributed by atoms with Gasteiger partial charge in [-0.05, 0) is 43.9 Å². The predicted octanol–water partition coefficient (Wildman–Crippen LogP) is 3.90. The molecule has 0 saturated carbocycles. The van der Waals surface area contributed by atoms with Crippen molar-refractivity contribution in [1.29, 1.82) is 0 Å². The molecule has 0 aliphatic carbocycles. The maximum Gasteiger partial charge on any atom is 0.283 e. The number of hydrogen-bond acceptors (Lipinski definition) is 3. The van der Waals surface area contributed by atoms with Crippen LogP contribution in [0.5, 0.6) is 0 Å². The molecule has 0 N–H and O–H groups in total. The summed E-state index contributed by atoms with van der Waals surface area (Å²) in [6.07, 6.45) is 1.01. The first-order chi connectivity index (χ1) is 9.78. The fraction of sp³-hybridized carbons (Fsp3) is 0.400. The number of hydrogen-bond donors (Lipinski definition) is 0. The molecule has 0 radical (unpaired) electrons. The molecule has 0 saturated heterocycles. The molecule has 2 aromatic rings. The van der Waals surface area contributed by atoms with E-state index in [4.69, 9.17) is 11.6 Å². The highest BCUT2D eigenvalue weighted by Crippen LogP contribution is 2.25. The molecular weight excluding hydrogens is 308 g/mol. The Hall–Kier alpha value is -1.33. The van der Waals surface area contributed by atoms with Crippen LogP contribution in [0, 0.1) is 13.8 Å². The van der Waals surface area contributed by atoms with Gasteiger partial charge in [-0.2, -0.15) is 17.6 Å². The number of halogens is 1. The van der Waals surface area contributed by atoms with E-state index < -0.39 is 10.0 Å². The van der Waals surface area contributed by atoms with Gasteiger partial charge in [0.05, 0.1) is 21.3 Å². The van der Waals surface area contributed by atoms with Crippen molar-refractivity contribution in [3.63, 3.8) is 0 Å². The van der Waals surface area contributed by atoms with Gasteiger partial charge in [-0.1, -0.05) is 37.6 Å². The van der Waals surface area contributed by atoms with E-state index in [1.54, 1.807) is 26.0 Å². The minimum Gasteiger partial charge on any atom is -0.199 e. The van der Waals surface area contributed by atoms with Gasteiger partial charge in [0.2, 0.25) is 0 Å². The van der Waals surface area contributed by atoms with Crippen LogP contribution in [0.4, 0.5) is 0 Å². The molecule has 0 bridgehead atoms. The Morgan fingerprint density at radius 2 is 1.81 bits per heavy atom. The topological polar surface area (TPSA) is 52.0 Å². The number of aryl methyl sites for hydroxylation is 1. The first-order valence-electron chi connectivity index (χ1n) is 6.86. The third-order valence-electron chi connectivity index (χ3n) is 3.75. The molecule has 114 valence electrons. The van der Waals surface area contributed by atoms with Crippen molar-refractivity contribution in [3.8, 4) is 0 Å². The van der Waals surface area contributed by atoms with Gasteiger partial charge in [-0.3, -0.25) is 0 Å². The average Bonchev–Trinajstić information content (AvgIpc) is 2.74. The molecule has 0 fully saturated rings. The van der Waals surface area contributed by atoms with Gasteiger partial charge in [-0.15, -0.1) is 0 Å². The molecule has 4 nitrogen and oxygen atoms in total. The SMILES string of the molecule is CC[C@H](C)c1ccc(S(=O)(=O)n2nc(C)c(Cl)c2C)cc1. The van der Waals surface area contributed by atoms with E-state index >= 15 is 0 Å². The molecule has 21 heavy (non-hydrogen) atoms. The van der Waals surface area contributed by atoms with E-state index in [0.717, 1.165) is 16.1 Å². The Labute approximate surface area is 130 Å².